The Morgan fingerprint density at radius 2 is 2.05 bits per heavy atom. The fourth-order valence-corrected chi connectivity index (χ4v) is 2.69. The Morgan fingerprint density at radius 1 is 1.33 bits per heavy atom. The summed E-state index contributed by atoms with van der Waals surface area (Å²) in [4.78, 5) is 26.6. The summed E-state index contributed by atoms with van der Waals surface area (Å²) in [5.74, 6) is -0.0192. The fourth-order valence-electron chi connectivity index (χ4n) is 1.61. The van der Waals surface area contributed by atoms with E-state index < -0.39 is 5.41 Å². The number of carbonyl (C=O) groups excluding carboxylic acids is 1. The summed E-state index contributed by atoms with van der Waals surface area (Å²) in [6.45, 7) is 5.53. The Kier molecular flexibility index (Phi) is 4.49. The third-order valence-corrected chi connectivity index (χ3v) is 4.03. The first-order valence-electron chi connectivity index (χ1n) is 6.48. The second-order valence-electron chi connectivity index (χ2n) is 5.74. The van der Waals surface area contributed by atoms with Crippen molar-refractivity contribution in [1.29, 1.82) is 0 Å². The Bertz CT molecular complexity index is 840. The zero-order chi connectivity index (χ0) is 15.6. The number of ketones is 1. The van der Waals surface area contributed by atoms with Gasteiger partial charge in [-0.25, -0.2) is 0 Å². The molecule has 0 aliphatic carbocycles. The largest absolute Gasteiger partial charge is 0.313 e. The normalized spacial score (nSPS) is 13.7. The number of aromatic nitrogens is 1. The van der Waals surface area contributed by atoms with Crippen molar-refractivity contribution < 1.29 is 4.79 Å². The van der Waals surface area contributed by atoms with Gasteiger partial charge in [-0.05, 0) is 23.8 Å². The first kappa shape index (κ1) is 15.7. The number of H-pyrrole nitrogens is 1. The van der Waals surface area contributed by atoms with Crippen LogP contribution in [0.4, 0.5) is 0 Å². The lowest BCUT2D eigenvalue weighted by atomic mass is 9.91. The number of Topliss-reactive ketones (excluding diaryl/α,β-unsaturated/α-hetero) is 1. The van der Waals surface area contributed by atoms with Crippen molar-refractivity contribution in [3.05, 3.63) is 54.4 Å². The number of halogens is 1. The van der Waals surface area contributed by atoms with E-state index in [4.69, 9.17) is 11.6 Å². The smallest absolute Gasteiger partial charge is 0.266 e. The molecular formula is C16H16ClNO2S. The predicted molar refractivity (Wildman–Crippen MR) is 88.1 cm³/mol. The van der Waals surface area contributed by atoms with Crippen molar-refractivity contribution in [2.24, 2.45) is 5.41 Å². The molecule has 0 radical (unpaired) electrons. The van der Waals surface area contributed by atoms with Crippen LogP contribution in [-0.2, 0) is 4.79 Å². The number of rotatable bonds is 2. The van der Waals surface area contributed by atoms with Crippen LogP contribution in [0.25, 0.3) is 12.2 Å². The predicted octanol–water partition coefficient (Wildman–Crippen LogP) is 2.31. The van der Waals surface area contributed by atoms with Crippen molar-refractivity contribution in [2.75, 3.05) is 0 Å². The number of benzene rings is 1. The van der Waals surface area contributed by atoms with Crippen molar-refractivity contribution in [3.63, 3.8) is 0 Å². The highest BCUT2D eigenvalue weighted by atomic mass is 35.5. The Morgan fingerprint density at radius 3 is 2.67 bits per heavy atom. The molecule has 1 aromatic heterocycles. The standard InChI is InChI=1S/C16H16ClNO2S/c1-16(2,3)13(19)9-14-18-15(20)12(21-14)8-10-5-4-6-11(17)7-10/h4-9H,1-3H3,(H,18,20). The van der Waals surface area contributed by atoms with Gasteiger partial charge in [0.15, 0.2) is 5.78 Å². The van der Waals surface area contributed by atoms with Crippen LogP contribution in [0.5, 0.6) is 0 Å². The molecule has 5 heteroatoms. The third-order valence-electron chi connectivity index (χ3n) is 2.83. The van der Waals surface area contributed by atoms with E-state index in [0.717, 1.165) is 5.56 Å². The lowest BCUT2D eigenvalue weighted by Crippen LogP contribution is -2.22. The van der Waals surface area contributed by atoms with Crippen LogP contribution in [-0.4, -0.2) is 10.8 Å². The first-order chi connectivity index (χ1) is 9.75. The van der Waals surface area contributed by atoms with Gasteiger partial charge in [0.05, 0.1) is 9.20 Å². The maximum Gasteiger partial charge on any atom is 0.266 e. The number of nitrogens with one attached hydrogen (secondary N) is 1. The van der Waals surface area contributed by atoms with Crippen molar-refractivity contribution in [1.82, 2.24) is 4.98 Å². The van der Waals surface area contributed by atoms with E-state index in [1.54, 1.807) is 18.2 Å². The minimum atomic E-state index is -0.461. The van der Waals surface area contributed by atoms with Gasteiger partial charge in [0, 0.05) is 16.5 Å². The highest BCUT2D eigenvalue weighted by Gasteiger charge is 2.18. The summed E-state index contributed by atoms with van der Waals surface area (Å²) in [5.41, 5.74) is 0.189. The number of thiazole rings is 1. The summed E-state index contributed by atoms with van der Waals surface area (Å²) in [6.07, 6.45) is 3.25. The lowest BCUT2D eigenvalue weighted by molar-refractivity contribution is -0.119. The van der Waals surface area contributed by atoms with Crippen LogP contribution >= 0.6 is 22.9 Å². The molecule has 2 aromatic rings. The number of aromatic amines is 1. The highest BCUT2D eigenvalue weighted by molar-refractivity contribution is 7.07. The maximum absolute atomic E-state index is 12.0. The molecule has 0 aliphatic rings. The maximum atomic E-state index is 12.0. The Labute approximate surface area is 131 Å². The highest BCUT2D eigenvalue weighted by Crippen LogP contribution is 2.14. The molecule has 0 atom stereocenters. The molecule has 3 nitrogen and oxygen atoms in total. The van der Waals surface area contributed by atoms with E-state index in [9.17, 15) is 9.59 Å². The second kappa shape index (κ2) is 6.00. The van der Waals surface area contributed by atoms with E-state index >= 15 is 0 Å². The molecule has 0 saturated heterocycles. The molecule has 1 heterocycles. The van der Waals surface area contributed by atoms with Gasteiger partial charge in [-0.3, -0.25) is 9.59 Å². The van der Waals surface area contributed by atoms with Gasteiger partial charge < -0.3 is 4.98 Å². The molecule has 0 spiro atoms. The van der Waals surface area contributed by atoms with Gasteiger partial charge in [0.25, 0.3) is 5.56 Å². The SMILES string of the molecule is CC(C)(C)C(=O)C=c1[nH]c(=O)c(=Cc2cccc(Cl)c2)s1. The molecule has 0 saturated carbocycles. The minimum absolute atomic E-state index is 0.0192. The number of hydrogen-bond acceptors (Lipinski definition) is 3. The van der Waals surface area contributed by atoms with E-state index in [-0.39, 0.29) is 11.3 Å². The van der Waals surface area contributed by atoms with Crippen molar-refractivity contribution in [2.45, 2.75) is 20.8 Å². The molecule has 110 valence electrons. The average molecular weight is 322 g/mol. The van der Waals surface area contributed by atoms with Crippen LogP contribution in [0.1, 0.15) is 26.3 Å². The number of carbonyl (C=O) groups is 1. The van der Waals surface area contributed by atoms with Gasteiger partial charge in [-0.2, -0.15) is 0 Å². The topological polar surface area (TPSA) is 49.9 Å². The van der Waals surface area contributed by atoms with Crippen molar-refractivity contribution in [3.8, 4) is 0 Å². The first-order valence-corrected chi connectivity index (χ1v) is 7.68. The summed E-state index contributed by atoms with van der Waals surface area (Å²) >= 11 is 7.18. The summed E-state index contributed by atoms with van der Waals surface area (Å²) < 4.78 is 1.11. The Balaban J connectivity index is 2.48. The van der Waals surface area contributed by atoms with E-state index in [1.165, 1.54) is 17.4 Å². The summed E-state index contributed by atoms with van der Waals surface area (Å²) in [6, 6.07) is 7.25. The van der Waals surface area contributed by atoms with E-state index in [2.05, 4.69) is 4.98 Å². The third kappa shape index (κ3) is 4.16. The van der Waals surface area contributed by atoms with Gasteiger partial charge >= 0.3 is 0 Å². The number of hydrogen-bond donors (Lipinski definition) is 1. The molecule has 0 fully saturated rings. The molecule has 0 aliphatic heterocycles. The molecular weight excluding hydrogens is 306 g/mol. The minimum Gasteiger partial charge on any atom is -0.313 e. The lowest BCUT2D eigenvalue weighted by Gasteiger charge is -2.12. The zero-order valence-corrected chi connectivity index (χ0v) is 13.6. The van der Waals surface area contributed by atoms with Crippen LogP contribution in [0.3, 0.4) is 0 Å². The molecule has 21 heavy (non-hydrogen) atoms. The van der Waals surface area contributed by atoms with Gasteiger partial charge in [0.2, 0.25) is 0 Å². The second-order valence-corrected chi connectivity index (χ2v) is 7.26. The summed E-state index contributed by atoms with van der Waals surface area (Å²) in [5, 5.41) is 0.617. The molecule has 0 amide bonds. The quantitative estimate of drug-likeness (QED) is 0.923. The van der Waals surface area contributed by atoms with Gasteiger partial charge in [0.1, 0.15) is 0 Å². The van der Waals surface area contributed by atoms with Crippen molar-refractivity contribution >= 4 is 40.9 Å². The zero-order valence-electron chi connectivity index (χ0n) is 12.1. The van der Waals surface area contributed by atoms with Crippen LogP contribution in [0.15, 0.2) is 29.1 Å². The van der Waals surface area contributed by atoms with Crippen LogP contribution < -0.4 is 14.8 Å². The molecule has 0 bridgehead atoms. The van der Waals surface area contributed by atoms with Gasteiger partial charge in [-0.1, -0.05) is 44.5 Å². The summed E-state index contributed by atoms with van der Waals surface area (Å²) in [7, 11) is 0. The van der Waals surface area contributed by atoms with Crippen LogP contribution in [0.2, 0.25) is 5.02 Å². The average Bonchev–Trinajstić information content (AvgIpc) is 2.68. The van der Waals surface area contributed by atoms with E-state index in [0.29, 0.717) is 14.2 Å². The Hall–Kier alpha value is -1.65. The van der Waals surface area contributed by atoms with Gasteiger partial charge in [-0.15, -0.1) is 11.3 Å². The monoisotopic (exact) mass is 321 g/mol. The molecule has 1 aromatic carbocycles. The molecule has 1 N–H and O–H groups in total. The van der Waals surface area contributed by atoms with Crippen LogP contribution in [0, 0.1) is 5.41 Å². The molecule has 0 unspecified atom stereocenters. The fraction of sp³-hybridized carbons (Fsp3) is 0.250. The molecule has 2 rings (SSSR count). The van der Waals surface area contributed by atoms with E-state index in [1.807, 2.05) is 32.9 Å².